The van der Waals surface area contributed by atoms with E-state index in [1.54, 1.807) is 0 Å². The summed E-state index contributed by atoms with van der Waals surface area (Å²) in [5.41, 5.74) is 18.6. The summed E-state index contributed by atoms with van der Waals surface area (Å²) >= 11 is 0. The molecule has 0 fully saturated rings. The molecule has 10 rings (SSSR count). The Hall–Kier alpha value is -7.10. The van der Waals surface area contributed by atoms with Gasteiger partial charge in [-0.25, -0.2) is 0 Å². The van der Waals surface area contributed by atoms with E-state index in [0.29, 0.717) is 6.42 Å². The first-order valence-corrected chi connectivity index (χ1v) is 20.1. The maximum absolute atomic E-state index is 5.26. The Morgan fingerprint density at radius 3 is 1.66 bits per heavy atom. The average molecular weight is 746 g/mol. The van der Waals surface area contributed by atoms with Gasteiger partial charge in [-0.15, -0.1) is 0 Å². The third-order valence-electron chi connectivity index (χ3n) is 12.0. The molecule has 0 bridgehead atoms. The van der Waals surface area contributed by atoms with Crippen LogP contribution in [0.4, 0.5) is 5.69 Å². The summed E-state index contributed by atoms with van der Waals surface area (Å²) in [6.45, 7) is 4.71. The van der Waals surface area contributed by atoms with Crippen LogP contribution in [0.2, 0.25) is 0 Å². The number of hydrogen-bond donors (Lipinski definition) is 0. The molecule has 1 aromatic heterocycles. The zero-order chi connectivity index (χ0) is 39.2. The molecule has 0 N–H and O–H groups in total. The van der Waals surface area contributed by atoms with Gasteiger partial charge in [0.25, 0.3) is 0 Å². The molecule has 1 aliphatic rings. The summed E-state index contributed by atoms with van der Waals surface area (Å²) in [6, 6.07) is 70.0. The number of aliphatic imine (C=N–C) groups is 2. The molecule has 9 aromatic rings. The van der Waals surface area contributed by atoms with Gasteiger partial charge in [-0.2, -0.15) is 0 Å². The van der Waals surface area contributed by atoms with Gasteiger partial charge in [0.1, 0.15) is 0 Å². The lowest BCUT2D eigenvalue weighted by atomic mass is 9.81. The summed E-state index contributed by atoms with van der Waals surface area (Å²) in [5, 5.41) is 2.50. The number of fused-ring (bicyclic) bond motifs is 6. The second kappa shape index (κ2) is 14.4. The van der Waals surface area contributed by atoms with Crippen molar-refractivity contribution in [2.75, 3.05) is 7.05 Å². The summed E-state index contributed by atoms with van der Waals surface area (Å²) in [6.07, 6.45) is 0.624. The van der Waals surface area contributed by atoms with E-state index in [0.717, 1.165) is 45.1 Å². The molecule has 0 aliphatic heterocycles. The standard InChI is InChI=1S/C55H43N3/c1-55(2)49-23-13-10-20-45(49)46-31-28-40(35-50(46)55)42-32-41(33-44(34-42)58-53-24-14-11-21-47(53)48-22-12-15-25-54(48)58)37-26-29-43(30-27-37)57-52(39-18-8-5-9-19-39)36-51(56-3)38-16-6-4-7-17-38/h4-35H,36H2,1-3H3/b56-51+,57-52-. The van der Waals surface area contributed by atoms with Gasteiger partial charge in [0.15, 0.2) is 0 Å². The van der Waals surface area contributed by atoms with Gasteiger partial charge < -0.3 is 4.57 Å². The van der Waals surface area contributed by atoms with Gasteiger partial charge in [0.05, 0.1) is 22.4 Å². The molecule has 3 heteroatoms. The molecular weight excluding hydrogens is 703 g/mol. The molecule has 0 unspecified atom stereocenters. The van der Waals surface area contributed by atoms with Crippen LogP contribution in [0, 0.1) is 0 Å². The van der Waals surface area contributed by atoms with Crippen LogP contribution in [0.15, 0.2) is 204 Å². The monoisotopic (exact) mass is 745 g/mol. The van der Waals surface area contributed by atoms with Crippen molar-refractivity contribution in [3.05, 3.63) is 216 Å². The van der Waals surface area contributed by atoms with Crippen LogP contribution in [0.3, 0.4) is 0 Å². The molecule has 3 nitrogen and oxygen atoms in total. The molecule has 278 valence electrons. The first kappa shape index (κ1) is 35.3. The van der Waals surface area contributed by atoms with E-state index in [2.05, 4.69) is 200 Å². The molecule has 0 atom stereocenters. The maximum Gasteiger partial charge on any atom is 0.0633 e. The van der Waals surface area contributed by atoms with Crippen molar-refractivity contribution in [1.29, 1.82) is 0 Å². The third kappa shape index (κ3) is 6.17. The predicted octanol–water partition coefficient (Wildman–Crippen LogP) is 14.1. The molecule has 58 heavy (non-hydrogen) atoms. The highest BCUT2D eigenvalue weighted by atomic mass is 15.0. The minimum Gasteiger partial charge on any atom is -0.309 e. The molecule has 1 heterocycles. The highest BCUT2D eigenvalue weighted by molar-refractivity contribution is 6.18. The molecule has 0 spiro atoms. The Balaban J connectivity index is 1.10. The zero-order valence-corrected chi connectivity index (χ0v) is 33.0. The van der Waals surface area contributed by atoms with E-state index in [9.17, 15) is 0 Å². The summed E-state index contributed by atoms with van der Waals surface area (Å²) in [5.74, 6) is 0. The van der Waals surface area contributed by atoms with Gasteiger partial charge in [-0.05, 0) is 104 Å². The van der Waals surface area contributed by atoms with Crippen molar-refractivity contribution < 1.29 is 0 Å². The lowest BCUT2D eigenvalue weighted by Crippen LogP contribution is -2.14. The lowest BCUT2D eigenvalue weighted by molar-refractivity contribution is 0.660. The van der Waals surface area contributed by atoms with Crippen molar-refractivity contribution in [1.82, 2.24) is 4.57 Å². The van der Waals surface area contributed by atoms with E-state index in [1.807, 2.05) is 19.2 Å². The van der Waals surface area contributed by atoms with Crippen LogP contribution in [0.1, 0.15) is 42.5 Å². The third-order valence-corrected chi connectivity index (χ3v) is 12.0. The van der Waals surface area contributed by atoms with Crippen molar-refractivity contribution >= 4 is 38.9 Å². The molecule has 0 saturated heterocycles. The number of hydrogen-bond acceptors (Lipinski definition) is 2. The Morgan fingerprint density at radius 1 is 0.466 bits per heavy atom. The fraction of sp³-hybridized carbons (Fsp3) is 0.0909. The Kier molecular flexibility index (Phi) is 8.79. The van der Waals surface area contributed by atoms with E-state index >= 15 is 0 Å². The lowest BCUT2D eigenvalue weighted by Gasteiger charge is -2.22. The maximum atomic E-state index is 5.26. The number of benzene rings is 8. The molecule has 0 saturated carbocycles. The van der Waals surface area contributed by atoms with Crippen molar-refractivity contribution in [2.24, 2.45) is 9.98 Å². The Morgan fingerprint density at radius 2 is 1.00 bits per heavy atom. The zero-order valence-electron chi connectivity index (χ0n) is 33.0. The minimum absolute atomic E-state index is 0.0883. The molecule has 8 aromatic carbocycles. The topological polar surface area (TPSA) is 29.6 Å². The Labute approximate surface area is 340 Å². The highest BCUT2D eigenvalue weighted by Crippen LogP contribution is 2.50. The van der Waals surface area contributed by atoms with Gasteiger partial charge in [-0.1, -0.05) is 159 Å². The molecule has 1 aliphatic carbocycles. The van der Waals surface area contributed by atoms with Crippen molar-refractivity contribution in [3.63, 3.8) is 0 Å². The summed E-state index contributed by atoms with van der Waals surface area (Å²) in [4.78, 5) is 9.95. The SMILES string of the molecule is C/N=C(\C/C(=N/c1ccc(-c2cc(-c3ccc4c(c3)C(C)(C)c3ccccc3-4)cc(-n3c4ccccc4c4ccccc43)c2)cc1)c1ccccc1)c1ccccc1. The normalized spacial score (nSPS) is 13.5. The van der Waals surface area contributed by atoms with E-state index in [1.165, 1.54) is 55.2 Å². The number of aromatic nitrogens is 1. The first-order valence-electron chi connectivity index (χ1n) is 20.1. The fourth-order valence-electron chi connectivity index (χ4n) is 8.98. The minimum atomic E-state index is -0.0883. The predicted molar refractivity (Wildman–Crippen MR) is 245 cm³/mol. The molecule has 0 amide bonds. The van der Waals surface area contributed by atoms with Crippen LogP contribution in [-0.2, 0) is 5.41 Å². The Bertz CT molecular complexity index is 2980. The number of rotatable bonds is 8. The molecule has 0 radical (unpaired) electrons. The summed E-state index contributed by atoms with van der Waals surface area (Å²) < 4.78 is 2.43. The fourth-order valence-corrected chi connectivity index (χ4v) is 8.98. The van der Waals surface area contributed by atoms with E-state index in [-0.39, 0.29) is 5.41 Å². The first-order chi connectivity index (χ1) is 28.5. The van der Waals surface area contributed by atoms with Gasteiger partial charge in [0, 0.05) is 41.1 Å². The average Bonchev–Trinajstić information content (AvgIpc) is 3.74. The summed E-state index contributed by atoms with van der Waals surface area (Å²) in [7, 11) is 1.87. The van der Waals surface area contributed by atoms with Crippen LogP contribution >= 0.6 is 0 Å². The van der Waals surface area contributed by atoms with Crippen LogP contribution in [0.5, 0.6) is 0 Å². The van der Waals surface area contributed by atoms with E-state index in [4.69, 9.17) is 9.98 Å². The largest absolute Gasteiger partial charge is 0.309 e. The van der Waals surface area contributed by atoms with Crippen LogP contribution < -0.4 is 0 Å². The molecular formula is C55H43N3. The second-order valence-corrected chi connectivity index (χ2v) is 15.8. The smallest absolute Gasteiger partial charge is 0.0633 e. The van der Waals surface area contributed by atoms with E-state index < -0.39 is 0 Å². The van der Waals surface area contributed by atoms with Crippen molar-refractivity contribution in [2.45, 2.75) is 25.7 Å². The van der Waals surface area contributed by atoms with Gasteiger partial charge in [-0.3, -0.25) is 9.98 Å². The number of nitrogens with zero attached hydrogens (tertiary/aromatic N) is 3. The van der Waals surface area contributed by atoms with Gasteiger partial charge in [0.2, 0.25) is 0 Å². The van der Waals surface area contributed by atoms with Gasteiger partial charge >= 0.3 is 0 Å². The van der Waals surface area contributed by atoms with Crippen LogP contribution in [-0.4, -0.2) is 23.0 Å². The van der Waals surface area contributed by atoms with Crippen molar-refractivity contribution in [3.8, 4) is 39.1 Å². The second-order valence-electron chi connectivity index (χ2n) is 15.8. The van der Waals surface area contributed by atoms with Crippen LogP contribution in [0.25, 0.3) is 60.9 Å². The number of para-hydroxylation sites is 2. The highest BCUT2D eigenvalue weighted by Gasteiger charge is 2.35. The quantitative estimate of drug-likeness (QED) is 0.139.